The number of carbonyl (C=O) groups is 1. The number of amides is 1. The van der Waals surface area contributed by atoms with Crippen molar-refractivity contribution >= 4 is 17.3 Å². The SMILES string of the molecule is CCCNC(=O)C(C)Nc1cc(OC)ccc1N. The van der Waals surface area contributed by atoms with Crippen molar-refractivity contribution in [3.05, 3.63) is 18.2 Å². The van der Waals surface area contributed by atoms with Crippen molar-refractivity contribution in [2.24, 2.45) is 0 Å². The average molecular weight is 251 g/mol. The summed E-state index contributed by atoms with van der Waals surface area (Å²) in [4.78, 5) is 11.7. The summed E-state index contributed by atoms with van der Waals surface area (Å²) in [5.41, 5.74) is 7.13. The van der Waals surface area contributed by atoms with E-state index in [9.17, 15) is 4.79 Å². The number of nitrogen functional groups attached to an aromatic ring is 1. The predicted octanol–water partition coefficient (Wildman–Crippen LogP) is 1.60. The molecule has 18 heavy (non-hydrogen) atoms. The second-order valence-corrected chi connectivity index (χ2v) is 4.11. The van der Waals surface area contributed by atoms with E-state index in [-0.39, 0.29) is 11.9 Å². The van der Waals surface area contributed by atoms with Gasteiger partial charge in [-0.1, -0.05) is 6.92 Å². The van der Waals surface area contributed by atoms with Gasteiger partial charge < -0.3 is 21.1 Å². The number of anilines is 2. The molecule has 1 rings (SSSR count). The minimum Gasteiger partial charge on any atom is -0.497 e. The Balaban J connectivity index is 2.68. The lowest BCUT2D eigenvalue weighted by molar-refractivity contribution is -0.121. The van der Waals surface area contributed by atoms with Gasteiger partial charge in [-0.3, -0.25) is 4.79 Å². The van der Waals surface area contributed by atoms with Crippen LogP contribution in [-0.2, 0) is 4.79 Å². The summed E-state index contributed by atoms with van der Waals surface area (Å²) in [5, 5.41) is 5.90. The molecule has 0 aromatic heterocycles. The topological polar surface area (TPSA) is 76.4 Å². The van der Waals surface area contributed by atoms with E-state index in [0.29, 0.717) is 23.7 Å². The van der Waals surface area contributed by atoms with Gasteiger partial charge in [-0.25, -0.2) is 0 Å². The molecular formula is C13H21N3O2. The molecule has 0 aliphatic carbocycles. The smallest absolute Gasteiger partial charge is 0.242 e. The summed E-state index contributed by atoms with van der Waals surface area (Å²) >= 11 is 0. The number of ether oxygens (including phenoxy) is 1. The number of hydrogen-bond donors (Lipinski definition) is 3. The predicted molar refractivity (Wildman–Crippen MR) is 73.8 cm³/mol. The molecule has 0 heterocycles. The van der Waals surface area contributed by atoms with Crippen molar-refractivity contribution in [3.63, 3.8) is 0 Å². The number of methoxy groups -OCH3 is 1. The lowest BCUT2D eigenvalue weighted by Gasteiger charge is -2.17. The molecule has 1 aromatic rings. The van der Waals surface area contributed by atoms with Crippen LogP contribution in [-0.4, -0.2) is 25.6 Å². The average Bonchev–Trinajstić information content (AvgIpc) is 2.38. The molecule has 0 aliphatic heterocycles. The van der Waals surface area contributed by atoms with Crippen LogP contribution in [0.5, 0.6) is 5.75 Å². The van der Waals surface area contributed by atoms with Crippen LogP contribution in [0.2, 0.25) is 0 Å². The van der Waals surface area contributed by atoms with Crippen LogP contribution < -0.4 is 21.1 Å². The molecule has 0 saturated carbocycles. The van der Waals surface area contributed by atoms with Crippen molar-refractivity contribution in [2.75, 3.05) is 24.7 Å². The van der Waals surface area contributed by atoms with Crippen molar-refractivity contribution in [1.82, 2.24) is 5.32 Å². The molecule has 1 unspecified atom stereocenters. The molecule has 4 N–H and O–H groups in total. The Hall–Kier alpha value is -1.91. The standard InChI is InChI=1S/C13H21N3O2/c1-4-7-15-13(17)9(2)16-12-8-10(18-3)5-6-11(12)14/h5-6,8-9,16H,4,7,14H2,1-3H3,(H,15,17). The Labute approximate surface area is 108 Å². The zero-order valence-corrected chi connectivity index (χ0v) is 11.1. The summed E-state index contributed by atoms with van der Waals surface area (Å²) in [6, 6.07) is 4.96. The van der Waals surface area contributed by atoms with E-state index in [4.69, 9.17) is 10.5 Å². The first-order chi connectivity index (χ1) is 8.58. The zero-order chi connectivity index (χ0) is 13.5. The highest BCUT2D eigenvalue weighted by Gasteiger charge is 2.13. The van der Waals surface area contributed by atoms with Gasteiger partial charge in [-0.15, -0.1) is 0 Å². The highest BCUT2D eigenvalue weighted by molar-refractivity contribution is 5.85. The van der Waals surface area contributed by atoms with E-state index in [1.54, 1.807) is 32.2 Å². The van der Waals surface area contributed by atoms with E-state index in [2.05, 4.69) is 10.6 Å². The van der Waals surface area contributed by atoms with Crippen LogP contribution in [0.25, 0.3) is 0 Å². The monoisotopic (exact) mass is 251 g/mol. The Morgan fingerprint density at radius 3 is 2.83 bits per heavy atom. The summed E-state index contributed by atoms with van der Waals surface area (Å²) < 4.78 is 5.12. The third kappa shape index (κ3) is 3.84. The first-order valence-electron chi connectivity index (χ1n) is 6.06. The molecule has 1 amide bonds. The van der Waals surface area contributed by atoms with Crippen molar-refractivity contribution < 1.29 is 9.53 Å². The summed E-state index contributed by atoms with van der Waals surface area (Å²) in [5.74, 6) is 0.659. The molecule has 0 saturated heterocycles. The maximum Gasteiger partial charge on any atom is 0.242 e. The third-order valence-electron chi connectivity index (χ3n) is 2.57. The van der Waals surface area contributed by atoms with E-state index in [0.717, 1.165) is 6.42 Å². The van der Waals surface area contributed by atoms with Gasteiger partial charge in [0, 0.05) is 12.6 Å². The lowest BCUT2D eigenvalue weighted by Crippen LogP contribution is -2.38. The molecule has 0 aliphatic rings. The number of rotatable bonds is 6. The van der Waals surface area contributed by atoms with E-state index >= 15 is 0 Å². The van der Waals surface area contributed by atoms with Gasteiger partial charge >= 0.3 is 0 Å². The van der Waals surface area contributed by atoms with Crippen LogP contribution in [0.1, 0.15) is 20.3 Å². The van der Waals surface area contributed by atoms with E-state index in [1.165, 1.54) is 0 Å². The summed E-state index contributed by atoms with van der Waals surface area (Å²) in [6.45, 7) is 4.49. The second kappa shape index (κ2) is 6.74. The Bertz CT molecular complexity index is 407. The van der Waals surface area contributed by atoms with Gasteiger partial charge in [0.05, 0.1) is 18.5 Å². The molecule has 0 bridgehead atoms. The molecule has 5 heteroatoms. The first-order valence-corrected chi connectivity index (χ1v) is 6.06. The highest BCUT2D eigenvalue weighted by Crippen LogP contribution is 2.24. The van der Waals surface area contributed by atoms with Crippen LogP contribution >= 0.6 is 0 Å². The molecule has 0 radical (unpaired) electrons. The van der Waals surface area contributed by atoms with Crippen molar-refractivity contribution in [2.45, 2.75) is 26.3 Å². The van der Waals surface area contributed by atoms with Crippen LogP contribution in [0.4, 0.5) is 11.4 Å². The zero-order valence-electron chi connectivity index (χ0n) is 11.1. The minimum absolute atomic E-state index is 0.0425. The second-order valence-electron chi connectivity index (χ2n) is 4.11. The maximum atomic E-state index is 11.7. The highest BCUT2D eigenvalue weighted by atomic mass is 16.5. The number of hydrogen-bond acceptors (Lipinski definition) is 4. The number of carbonyl (C=O) groups excluding carboxylic acids is 1. The fourth-order valence-electron chi connectivity index (χ4n) is 1.49. The number of nitrogens with one attached hydrogen (secondary N) is 2. The molecular weight excluding hydrogens is 230 g/mol. The van der Waals surface area contributed by atoms with Crippen LogP contribution in [0.3, 0.4) is 0 Å². The molecule has 0 spiro atoms. The van der Waals surface area contributed by atoms with E-state index < -0.39 is 0 Å². The normalized spacial score (nSPS) is 11.7. The van der Waals surface area contributed by atoms with Crippen LogP contribution in [0, 0.1) is 0 Å². The molecule has 1 atom stereocenters. The number of nitrogens with two attached hydrogens (primary N) is 1. The van der Waals surface area contributed by atoms with Gasteiger partial charge in [-0.2, -0.15) is 0 Å². The van der Waals surface area contributed by atoms with Gasteiger partial charge in [0.2, 0.25) is 5.91 Å². The largest absolute Gasteiger partial charge is 0.497 e. The van der Waals surface area contributed by atoms with Gasteiger partial charge in [0.15, 0.2) is 0 Å². The lowest BCUT2D eigenvalue weighted by atomic mass is 10.2. The van der Waals surface area contributed by atoms with Gasteiger partial charge in [0.1, 0.15) is 11.8 Å². The van der Waals surface area contributed by atoms with Gasteiger partial charge in [0.25, 0.3) is 0 Å². The quantitative estimate of drug-likeness (QED) is 0.671. The Morgan fingerprint density at radius 2 is 2.22 bits per heavy atom. The van der Waals surface area contributed by atoms with Crippen molar-refractivity contribution in [1.29, 1.82) is 0 Å². The van der Waals surface area contributed by atoms with E-state index in [1.807, 2.05) is 6.92 Å². The van der Waals surface area contributed by atoms with Gasteiger partial charge in [-0.05, 0) is 25.5 Å². The first kappa shape index (κ1) is 14.2. The Kier molecular flexibility index (Phi) is 5.30. The Morgan fingerprint density at radius 1 is 1.50 bits per heavy atom. The number of benzene rings is 1. The van der Waals surface area contributed by atoms with Crippen molar-refractivity contribution in [3.8, 4) is 5.75 Å². The fraction of sp³-hybridized carbons (Fsp3) is 0.462. The fourth-order valence-corrected chi connectivity index (χ4v) is 1.49. The summed E-state index contributed by atoms with van der Waals surface area (Å²) in [6.07, 6.45) is 0.916. The maximum absolute atomic E-state index is 11.7. The summed E-state index contributed by atoms with van der Waals surface area (Å²) in [7, 11) is 1.59. The molecule has 1 aromatic carbocycles. The minimum atomic E-state index is -0.342. The molecule has 0 fully saturated rings. The molecule has 5 nitrogen and oxygen atoms in total. The third-order valence-corrected chi connectivity index (χ3v) is 2.57. The molecule has 100 valence electrons. The van der Waals surface area contributed by atoms with Crippen LogP contribution in [0.15, 0.2) is 18.2 Å².